The van der Waals surface area contributed by atoms with Gasteiger partial charge in [-0.1, -0.05) is 6.42 Å². The van der Waals surface area contributed by atoms with Crippen molar-refractivity contribution in [1.29, 1.82) is 0 Å². The molecule has 2 rings (SSSR count). The minimum atomic E-state index is 0.456. The molecule has 0 bridgehead atoms. The van der Waals surface area contributed by atoms with E-state index in [1.807, 2.05) is 0 Å². The molecule has 1 saturated heterocycles. The van der Waals surface area contributed by atoms with Crippen LogP contribution in [0.25, 0.3) is 0 Å². The molecule has 2 aliphatic rings. The summed E-state index contributed by atoms with van der Waals surface area (Å²) in [6.45, 7) is 4.26. The topological polar surface area (TPSA) is 24.5 Å². The SMILES string of the molecule is CNCC1(CN(C)C2CCC2)CCOCC1. The molecule has 0 atom stereocenters. The minimum absolute atomic E-state index is 0.456. The molecule has 1 saturated carbocycles. The molecule has 1 heterocycles. The zero-order valence-corrected chi connectivity index (χ0v) is 10.8. The highest BCUT2D eigenvalue weighted by Gasteiger charge is 2.35. The maximum Gasteiger partial charge on any atom is 0.0472 e. The number of nitrogens with one attached hydrogen (secondary N) is 1. The molecule has 2 fully saturated rings. The molecule has 1 aliphatic carbocycles. The van der Waals surface area contributed by atoms with E-state index in [-0.39, 0.29) is 0 Å². The van der Waals surface area contributed by atoms with Crippen LogP contribution in [0.3, 0.4) is 0 Å². The van der Waals surface area contributed by atoms with Crippen molar-refractivity contribution in [2.75, 3.05) is 40.4 Å². The molecular formula is C13H26N2O. The zero-order valence-electron chi connectivity index (χ0n) is 10.8. The number of hydrogen-bond acceptors (Lipinski definition) is 3. The lowest BCUT2D eigenvalue weighted by atomic mass is 9.78. The fourth-order valence-corrected chi connectivity index (χ4v) is 3.06. The van der Waals surface area contributed by atoms with E-state index in [4.69, 9.17) is 4.74 Å². The van der Waals surface area contributed by atoms with Gasteiger partial charge in [-0.05, 0) is 45.2 Å². The smallest absolute Gasteiger partial charge is 0.0472 e. The minimum Gasteiger partial charge on any atom is -0.381 e. The number of nitrogens with zero attached hydrogens (tertiary/aromatic N) is 1. The molecular weight excluding hydrogens is 200 g/mol. The predicted molar refractivity (Wildman–Crippen MR) is 66.7 cm³/mol. The van der Waals surface area contributed by atoms with Crippen LogP contribution in [0, 0.1) is 5.41 Å². The van der Waals surface area contributed by atoms with Crippen molar-refractivity contribution in [1.82, 2.24) is 10.2 Å². The van der Waals surface area contributed by atoms with Gasteiger partial charge in [0.1, 0.15) is 0 Å². The molecule has 0 amide bonds. The summed E-state index contributed by atoms with van der Waals surface area (Å²) in [4.78, 5) is 2.59. The van der Waals surface area contributed by atoms with E-state index in [0.717, 1.165) is 25.8 Å². The third-order valence-corrected chi connectivity index (χ3v) is 4.39. The first-order valence-corrected chi connectivity index (χ1v) is 6.68. The van der Waals surface area contributed by atoms with Crippen LogP contribution in [-0.2, 0) is 4.74 Å². The van der Waals surface area contributed by atoms with Crippen molar-refractivity contribution >= 4 is 0 Å². The Kier molecular flexibility index (Phi) is 4.22. The van der Waals surface area contributed by atoms with Crippen molar-refractivity contribution in [2.45, 2.75) is 38.1 Å². The highest BCUT2D eigenvalue weighted by atomic mass is 16.5. The second-order valence-corrected chi connectivity index (χ2v) is 5.64. The van der Waals surface area contributed by atoms with E-state index >= 15 is 0 Å². The summed E-state index contributed by atoms with van der Waals surface area (Å²) in [5, 5.41) is 3.38. The van der Waals surface area contributed by atoms with E-state index in [1.165, 1.54) is 38.6 Å². The van der Waals surface area contributed by atoms with Crippen LogP contribution in [-0.4, -0.2) is 51.3 Å². The molecule has 16 heavy (non-hydrogen) atoms. The largest absolute Gasteiger partial charge is 0.381 e. The Morgan fingerprint density at radius 2 is 2.00 bits per heavy atom. The van der Waals surface area contributed by atoms with Gasteiger partial charge in [-0.3, -0.25) is 0 Å². The van der Waals surface area contributed by atoms with Gasteiger partial charge < -0.3 is 15.0 Å². The summed E-state index contributed by atoms with van der Waals surface area (Å²) in [5.41, 5.74) is 0.456. The van der Waals surface area contributed by atoms with Crippen LogP contribution in [0.4, 0.5) is 0 Å². The van der Waals surface area contributed by atoms with Crippen molar-refractivity contribution in [3.05, 3.63) is 0 Å². The van der Waals surface area contributed by atoms with Gasteiger partial charge in [0.15, 0.2) is 0 Å². The average molecular weight is 226 g/mol. The van der Waals surface area contributed by atoms with Crippen LogP contribution in [0.15, 0.2) is 0 Å². The Hall–Kier alpha value is -0.120. The molecule has 0 radical (unpaired) electrons. The van der Waals surface area contributed by atoms with Gasteiger partial charge in [-0.15, -0.1) is 0 Å². The summed E-state index contributed by atoms with van der Waals surface area (Å²) in [7, 11) is 4.37. The first kappa shape index (κ1) is 12.3. The molecule has 0 aromatic rings. The summed E-state index contributed by atoms with van der Waals surface area (Å²) < 4.78 is 5.51. The first-order valence-electron chi connectivity index (χ1n) is 6.68. The molecule has 94 valence electrons. The average Bonchev–Trinajstić information content (AvgIpc) is 2.16. The fourth-order valence-electron chi connectivity index (χ4n) is 3.06. The van der Waals surface area contributed by atoms with Gasteiger partial charge in [0.05, 0.1) is 0 Å². The molecule has 3 heteroatoms. The van der Waals surface area contributed by atoms with E-state index in [0.29, 0.717) is 5.41 Å². The lowest BCUT2D eigenvalue weighted by Crippen LogP contribution is -2.49. The van der Waals surface area contributed by atoms with Crippen LogP contribution >= 0.6 is 0 Å². The van der Waals surface area contributed by atoms with Crippen LogP contribution in [0.2, 0.25) is 0 Å². The second kappa shape index (κ2) is 5.48. The molecule has 3 nitrogen and oxygen atoms in total. The Morgan fingerprint density at radius 1 is 1.31 bits per heavy atom. The molecule has 0 spiro atoms. The summed E-state index contributed by atoms with van der Waals surface area (Å²) in [5.74, 6) is 0. The van der Waals surface area contributed by atoms with Crippen molar-refractivity contribution < 1.29 is 4.74 Å². The zero-order chi connectivity index (χ0) is 11.4. The molecule has 0 aromatic carbocycles. The van der Waals surface area contributed by atoms with Crippen LogP contribution in [0.5, 0.6) is 0 Å². The molecule has 0 unspecified atom stereocenters. The Labute approximate surface area is 99.5 Å². The Balaban J connectivity index is 1.89. The van der Waals surface area contributed by atoms with E-state index < -0.39 is 0 Å². The van der Waals surface area contributed by atoms with Gasteiger partial charge in [-0.25, -0.2) is 0 Å². The van der Waals surface area contributed by atoms with E-state index in [9.17, 15) is 0 Å². The Morgan fingerprint density at radius 3 is 2.50 bits per heavy atom. The Bertz CT molecular complexity index is 204. The van der Waals surface area contributed by atoms with Gasteiger partial charge in [0.2, 0.25) is 0 Å². The lowest BCUT2D eigenvalue weighted by molar-refractivity contribution is -0.0121. The summed E-state index contributed by atoms with van der Waals surface area (Å²) >= 11 is 0. The molecule has 1 N–H and O–H groups in total. The van der Waals surface area contributed by atoms with Crippen LogP contribution < -0.4 is 5.32 Å². The van der Waals surface area contributed by atoms with E-state index in [2.05, 4.69) is 24.3 Å². The molecule has 0 aromatic heterocycles. The number of rotatable bonds is 5. The van der Waals surface area contributed by atoms with E-state index in [1.54, 1.807) is 0 Å². The van der Waals surface area contributed by atoms with Crippen molar-refractivity contribution in [2.24, 2.45) is 5.41 Å². The second-order valence-electron chi connectivity index (χ2n) is 5.64. The standard InChI is InChI=1S/C13H26N2O/c1-14-10-13(6-8-16-9-7-13)11-15(2)12-4-3-5-12/h12,14H,3-11H2,1-2H3. The third kappa shape index (κ3) is 2.76. The normalized spacial score (nSPS) is 25.7. The quantitative estimate of drug-likeness (QED) is 0.768. The van der Waals surface area contributed by atoms with Gasteiger partial charge in [-0.2, -0.15) is 0 Å². The van der Waals surface area contributed by atoms with Crippen molar-refractivity contribution in [3.63, 3.8) is 0 Å². The highest BCUT2D eigenvalue weighted by molar-refractivity contribution is 4.89. The number of hydrogen-bond donors (Lipinski definition) is 1. The first-order chi connectivity index (χ1) is 7.76. The third-order valence-electron chi connectivity index (χ3n) is 4.39. The fraction of sp³-hybridized carbons (Fsp3) is 1.00. The summed E-state index contributed by atoms with van der Waals surface area (Å²) in [6, 6.07) is 0.858. The van der Waals surface area contributed by atoms with Gasteiger partial charge in [0, 0.05) is 32.3 Å². The lowest BCUT2D eigenvalue weighted by Gasteiger charge is -2.44. The molecule has 1 aliphatic heterocycles. The van der Waals surface area contributed by atoms with Crippen LogP contribution in [0.1, 0.15) is 32.1 Å². The van der Waals surface area contributed by atoms with Crippen molar-refractivity contribution in [3.8, 4) is 0 Å². The monoisotopic (exact) mass is 226 g/mol. The predicted octanol–water partition coefficient (Wildman–Crippen LogP) is 1.49. The van der Waals surface area contributed by atoms with Gasteiger partial charge in [0.25, 0.3) is 0 Å². The number of ether oxygens (including phenoxy) is 1. The maximum atomic E-state index is 5.51. The summed E-state index contributed by atoms with van der Waals surface area (Å²) in [6.07, 6.45) is 6.66. The van der Waals surface area contributed by atoms with Gasteiger partial charge >= 0.3 is 0 Å². The maximum absolute atomic E-state index is 5.51. The highest BCUT2D eigenvalue weighted by Crippen LogP contribution is 2.33.